The number of rotatable bonds is 5. The normalized spacial score (nSPS) is 14.3. The van der Waals surface area contributed by atoms with Crippen molar-refractivity contribution >= 4 is 24.0 Å². The van der Waals surface area contributed by atoms with Crippen LogP contribution in [0.5, 0.6) is 0 Å². The molecule has 0 spiro atoms. The molecule has 11 heteroatoms. The second-order valence-electron chi connectivity index (χ2n) is 5.73. The molecule has 0 fully saturated rings. The molecule has 27 heavy (non-hydrogen) atoms. The zero-order valence-electron chi connectivity index (χ0n) is 13.9. The highest BCUT2D eigenvalue weighted by molar-refractivity contribution is 6.29. The number of aliphatic hydroxyl groups is 1. The third kappa shape index (κ3) is 4.05. The van der Waals surface area contributed by atoms with Gasteiger partial charge in [-0.15, -0.1) is 12.4 Å². The van der Waals surface area contributed by atoms with Gasteiger partial charge in [-0.3, -0.25) is 0 Å². The number of halogens is 5. The number of hydrogen-bond acceptors (Lipinski definition) is 5. The monoisotopic (exact) mass is 419 g/mol. The Morgan fingerprint density at radius 1 is 1.22 bits per heavy atom. The average Bonchev–Trinajstić information content (AvgIpc) is 3.09. The molecule has 0 saturated carbocycles. The molecule has 0 saturated heterocycles. The van der Waals surface area contributed by atoms with Crippen molar-refractivity contribution in [1.82, 2.24) is 24.7 Å². The first-order valence-electron chi connectivity index (χ1n) is 7.49. The van der Waals surface area contributed by atoms with Gasteiger partial charge in [-0.05, 0) is 6.07 Å². The average molecular weight is 420 g/mol. The highest BCUT2D eigenvalue weighted by atomic mass is 35.5. The maximum atomic E-state index is 14.4. The number of benzene rings is 1. The van der Waals surface area contributed by atoms with Crippen LogP contribution in [0, 0.1) is 17.5 Å². The quantitative estimate of drug-likeness (QED) is 0.642. The lowest BCUT2D eigenvalue weighted by atomic mass is 9.79. The van der Waals surface area contributed by atoms with Crippen LogP contribution in [0.25, 0.3) is 0 Å². The van der Waals surface area contributed by atoms with Gasteiger partial charge in [0.25, 0.3) is 0 Å². The zero-order valence-corrected chi connectivity index (χ0v) is 15.4. The lowest BCUT2D eigenvalue weighted by molar-refractivity contribution is -0.0133. The van der Waals surface area contributed by atoms with E-state index in [1.165, 1.54) is 24.3 Å². The minimum absolute atomic E-state index is 0. The molecule has 1 aromatic carbocycles. The van der Waals surface area contributed by atoms with Gasteiger partial charge in [0.15, 0.2) is 11.0 Å². The third-order valence-electron chi connectivity index (χ3n) is 4.17. The van der Waals surface area contributed by atoms with Crippen molar-refractivity contribution in [2.24, 2.45) is 0 Å². The molecule has 1 N–H and O–H groups in total. The summed E-state index contributed by atoms with van der Waals surface area (Å²) in [6, 6.07) is 2.73. The fourth-order valence-electron chi connectivity index (χ4n) is 2.75. The van der Waals surface area contributed by atoms with Crippen LogP contribution < -0.4 is 0 Å². The summed E-state index contributed by atoms with van der Waals surface area (Å²) in [7, 11) is 0. The minimum Gasteiger partial charge on any atom is -0.382 e. The Morgan fingerprint density at radius 3 is 2.59 bits per heavy atom. The van der Waals surface area contributed by atoms with Crippen LogP contribution >= 0.6 is 24.0 Å². The van der Waals surface area contributed by atoms with Gasteiger partial charge in [-0.1, -0.05) is 24.6 Å². The molecular formula is C16H14Cl2F3N5O. The van der Waals surface area contributed by atoms with Gasteiger partial charge in [-0.2, -0.15) is 5.10 Å². The van der Waals surface area contributed by atoms with Crippen molar-refractivity contribution < 1.29 is 18.3 Å². The third-order valence-corrected chi connectivity index (χ3v) is 4.43. The highest BCUT2D eigenvalue weighted by Gasteiger charge is 2.42. The summed E-state index contributed by atoms with van der Waals surface area (Å²) in [5.41, 5.74) is -2.48. The summed E-state index contributed by atoms with van der Waals surface area (Å²) < 4.78 is 43.4. The Bertz CT molecular complexity index is 928. The van der Waals surface area contributed by atoms with E-state index >= 15 is 0 Å². The van der Waals surface area contributed by atoms with Crippen molar-refractivity contribution in [3.05, 3.63) is 71.0 Å². The lowest BCUT2D eigenvalue weighted by Crippen LogP contribution is -2.39. The molecule has 0 radical (unpaired) electrons. The van der Waals surface area contributed by atoms with Gasteiger partial charge in [0.2, 0.25) is 0 Å². The van der Waals surface area contributed by atoms with Crippen LogP contribution in [0.1, 0.15) is 24.1 Å². The van der Waals surface area contributed by atoms with Gasteiger partial charge in [-0.25, -0.2) is 32.8 Å². The lowest BCUT2D eigenvalue weighted by Gasteiger charge is -2.34. The van der Waals surface area contributed by atoms with Gasteiger partial charge < -0.3 is 5.11 Å². The number of nitrogens with zero attached hydrogens (tertiary/aromatic N) is 5. The Kier molecular flexibility index (Phi) is 6.40. The van der Waals surface area contributed by atoms with E-state index in [9.17, 15) is 18.3 Å². The molecule has 3 rings (SSSR count). The molecule has 2 heterocycles. The van der Waals surface area contributed by atoms with Crippen molar-refractivity contribution in [3.8, 4) is 0 Å². The zero-order chi connectivity index (χ0) is 18.9. The molecule has 0 aliphatic carbocycles. The van der Waals surface area contributed by atoms with Crippen LogP contribution in [0.3, 0.4) is 0 Å². The van der Waals surface area contributed by atoms with Crippen molar-refractivity contribution in [3.63, 3.8) is 0 Å². The first-order chi connectivity index (χ1) is 12.3. The Morgan fingerprint density at radius 2 is 1.96 bits per heavy atom. The Balaban J connectivity index is 0.00000261. The number of aromatic nitrogens is 5. The summed E-state index contributed by atoms with van der Waals surface area (Å²) in [6.07, 6.45) is 3.57. The Labute approximate surface area is 163 Å². The molecule has 0 aliphatic rings. The minimum atomic E-state index is -2.02. The van der Waals surface area contributed by atoms with E-state index in [2.05, 4.69) is 20.1 Å². The summed E-state index contributed by atoms with van der Waals surface area (Å²) in [4.78, 5) is 11.1. The van der Waals surface area contributed by atoms with Crippen LogP contribution in [0.15, 0.2) is 37.2 Å². The molecule has 3 aromatic rings. The molecule has 144 valence electrons. The van der Waals surface area contributed by atoms with Crippen molar-refractivity contribution in [1.29, 1.82) is 0 Å². The fraction of sp³-hybridized carbons (Fsp3) is 0.250. The van der Waals surface area contributed by atoms with Gasteiger partial charge in [0.1, 0.15) is 36.2 Å². The highest BCUT2D eigenvalue weighted by Crippen LogP contribution is 2.40. The summed E-state index contributed by atoms with van der Waals surface area (Å²) in [5.74, 6) is -3.80. The molecule has 2 atom stereocenters. The fourth-order valence-corrected chi connectivity index (χ4v) is 2.89. The Hall–Kier alpha value is -2.23. The molecule has 2 aromatic heterocycles. The predicted octanol–water partition coefficient (Wildman–Crippen LogP) is 3.25. The standard InChI is InChI=1S/C16H13ClF3N5O.ClH/c1-9(14-13(20)15(17)23-7-22-14)16(26,5-25-8-21-6-24-25)11-3-2-10(18)4-12(11)19;/h2-4,6-9,26H,5H2,1H3;1H/t9-,16+;/m1./s1. The van der Waals surface area contributed by atoms with Gasteiger partial charge in [0.05, 0.1) is 12.2 Å². The second-order valence-corrected chi connectivity index (χ2v) is 6.08. The van der Waals surface area contributed by atoms with E-state index in [0.717, 1.165) is 18.5 Å². The van der Waals surface area contributed by atoms with Crippen molar-refractivity contribution in [2.75, 3.05) is 0 Å². The van der Waals surface area contributed by atoms with E-state index < -0.39 is 34.1 Å². The summed E-state index contributed by atoms with van der Waals surface area (Å²) in [6.45, 7) is 1.17. The van der Waals surface area contributed by atoms with Crippen LogP contribution in [0.4, 0.5) is 13.2 Å². The molecule has 0 bridgehead atoms. The van der Waals surface area contributed by atoms with E-state index in [0.29, 0.717) is 6.07 Å². The van der Waals surface area contributed by atoms with Crippen LogP contribution in [-0.4, -0.2) is 29.8 Å². The molecular weight excluding hydrogens is 406 g/mol. The summed E-state index contributed by atoms with van der Waals surface area (Å²) in [5, 5.41) is 14.8. The topological polar surface area (TPSA) is 76.7 Å². The van der Waals surface area contributed by atoms with Gasteiger partial charge >= 0.3 is 0 Å². The van der Waals surface area contributed by atoms with E-state index in [4.69, 9.17) is 11.6 Å². The first-order valence-corrected chi connectivity index (χ1v) is 7.87. The summed E-state index contributed by atoms with van der Waals surface area (Å²) >= 11 is 5.69. The van der Waals surface area contributed by atoms with E-state index in [-0.39, 0.29) is 30.2 Å². The van der Waals surface area contributed by atoms with Crippen LogP contribution in [-0.2, 0) is 12.1 Å². The maximum absolute atomic E-state index is 14.4. The van der Waals surface area contributed by atoms with E-state index in [1.807, 2.05) is 0 Å². The molecule has 0 amide bonds. The van der Waals surface area contributed by atoms with E-state index in [1.54, 1.807) is 0 Å². The SMILES string of the molecule is C[C@H](c1ncnc(Cl)c1F)[C@@](O)(Cn1cncn1)c1ccc(F)cc1F.Cl. The van der Waals surface area contributed by atoms with Gasteiger partial charge in [0, 0.05) is 17.5 Å². The molecule has 6 nitrogen and oxygen atoms in total. The molecule has 0 unspecified atom stereocenters. The first kappa shape index (κ1) is 21.1. The smallest absolute Gasteiger partial charge is 0.182 e. The predicted molar refractivity (Wildman–Crippen MR) is 92.9 cm³/mol. The number of hydrogen-bond donors (Lipinski definition) is 1. The van der Waals surface area contributed by atoms with Crippen LogP contribution in [0.2, 0.25) is 5.15 Å². The second kappa shape index (κ2) is 8.20. The van der Waals surface area contributed by atoms with Crippen molar-refractivity contribution in [2.45, 2.75) is 25.0 Å². The maximum Gasteiger partial charge on any atom is 0.182 e. The largest absolute Gasteiger partial charge is 0.382 e. The molecule has 0 aliphatic heterocycles.